The number of carbonyl (C=O) groups excluding carboxylic acids is 1. The van der Waals surface area contributed by atoms with Crippen LogP contribution in [0, 0.1) is 17.8 Å². The average Bonchev–Trinajstić information content (AvgIpc) is 3.38. The van der Waals surface area contributed by atoms with Crippen molar-refractivity contribution in [2.24, 2.45) is 17.8 Å². The lowest BCUT2D eigenvalue weighted by molar-refractivity contribution is -0.208. The number of carbonyl (C=O) groups is 1. The Labute approximate surface area is 172 Å². The van der Waals surface area contributed by atoms with Gasteiger partial charge in [-0.2, -0.15) is 0 Å². The van der Waals surface area contributed by atoms with Gasteiger partial charge in [0, 0.05) is 0 Å². The quantitative estimate of drug-likeness (QED) is 0.391. The smallest absolute Gasteiger partial charge is 0.237 e. The number of aliphatic hydroxyl groups is 3. The summed E-state index contributed by atoms with van der Waals surface area (Å²) in [6, 6.07) is -0.676. The average molecular weight is 417 g/mol. The summed E-state index contributed by atoms with van der Waals surface area (Å²) in [5.74, 6) is 1.38. The van der Waals surface area contributed by atoms with E-state index in [9.17, 15) is 20.1 Å². The normalized spacial score (nSPS) is 39.9. The van der Waals surface area contributed by atoms with Gasteiger partial charge in [0.15, 0.2) is 0 Å². The Bertz CT molecular complexity index is 531. The number of nitrogens with one attached hydrogen (secondary N) is 2. The minimum Gasteiger partial charge on any atom is -0.388 e. The summed E-state index contributed by atoms with van der Waals surface area (Å²) in [5.41, 5.74) is -0.641. The van der Waals surface area contributed by atoms with Crippen molar-refractivity contribution in [1.82, 2.24) is 10.6 Å². The minimum absolute atomic E-state index is 0.000570. The number of rotatable bonds is 8. The molecule has 7 nitrogen and oxygen atoms in total. The second-order valence-corrected chi connectivity index (χ2v) is 9.97. The van der Waals surface area contributed by atoms with E-state index in [4.69, 9.17) is 4.74 Å². The second kappa shape index (κ2) is 9.62. The molecule has 1 amide bonds. The van der Waals surface area contributed by atoms with Gasteiger partial charge in [-0.15, -0.1) is 11.8 Å². The molecule has 28 heavy (non-hydrogen) atoms. The first-order valence-corrected chi connectivity index (χ1v) is 11.9. The van der Waals surface area contributed by atoms with Gasteiger partial charge in [0.2, 0.25) is 5.91 Å². The van der Waals surface area contributed by atoms with Crippen LogP contribution in [0.15, 0.2) is 0 Å². The molecule has 0 spiro atoms. The molecule has 0 aromatic heterocycles. The third-order valence-corrected chi connectivity index (χ3v) is 7.29. The minimum atomic E-state index is -1.30. The molecular weight excluding hydrogens is 380 g/mol. The molecule has 0 bridgehead atoms. The van der Waals surface area contributed by atoms with Crippen LogP contribution in [0.1, 0.15) is 46.0 Å². The highest BCUT2D eigenvalue weighted by atomic mass is 32.2. The van der Waals surface area contributed by atoms with E-state index in [-0.39, 0.29) is 17.9 Å². The fourth-order valence-electron chi connectivity index (χ4n) is 4.36. The van der Waals surface area contributed by atoms with Gasteiger partial charge in [-0.25, -0.2) is 0 Å². The van der Waals surface area contributed by atoms with Crippen LogP contribution in [0.2, 0.25) is 0 Å². The molecule has 1 saturated carbocycles. The SMILES string of the molecule is CS[C@H]1OC([C@H](NC(=O)[C@@H]2C[C@@H](CCC3CC3)CN2)C(C)C)[C@H](O)[C@H](O)[C@H]1O. The molecule has 2 saturated heterocycles. The van der Waals surface area contributed by atoms with Gasteiger partial charge in [-0.1, -0.05) is 33.1 Å². The molecular formula is C20H36N2O5S. The molecule has 2 heterocycles. The molecule has 3 aliphatic rings. The van der Waals surface area contributed by atoms with E-state index in [1.54, 1.807) is 6.26 Å². The van der Waals surface area contributed by atoms with Gasteiger partial charge in [-0.05, 0) is 43.4 Å². The Morgan fingerprint density at radius 1 is 1.14 bits per heavy atom. The van der Waals surface area contributed by atoms with Gasteiger partial charge in [-0.3, -0.25) is 4.79 Å². The highest BCUT2D eigenvalue weighted by Gasteiger charge is 2.47. The fraction of sp³-hybridized carbons (Fsp3) is 0.950. The van der Waals surface area contributed by atoms with E-state index in [1.165, 1.54) is 37.4 Å². The van der Waals surface area contributed by atoms with Crippen LogP contribution in [-0.2, 0) is 9.53 Å². The number of hydrogen-bond donors (Lipinski definition) is 5. The first-order valence-electron chi connectivity index (χ1n) is 10.6. The van der Waals surface area contributed by atoms with Crippen LogP contribution in [0.5, 0.6) is 0 Å². The van der Waals surface area contributed by atoms with Crippen LogP contribution >= 0.6 is 11.8 Å². The van der Waals surface area contributed by atoms with Crippen molar-refractivity contribution in [3.63, 3.8) is 0 Å². The summed E-state index contributed by atoms with van der Waals surface area (Å²) in [4.78, 5) is 12.9. The molecule has 162 valence electrons. The molecule has 8 heteroatoms. The van der Waals surface area contributed by atoms with Crippen molar-refractivity contribution in [2.45, 2.75) is 87.9 Å². The summed E-state index contributed by atoms with van der Waals surface area (Å²) in [6.07, 6.45) is 3.31. The van der Waals surface area contributed by atoms with Crippen molar-refractivity contribution in [2.75, 3.05) is 12.8 Å². The maximum absolute atomic E-state index is 12.9. The predicted octanol–water partition coefficient (Wildman–Crippen LogP) is 0.466. The van der Waals surface area contributed by atoms with Gasteiger partial charge in [0.1, 0.15) is 29.9 Å². The monoisotopic (exact) mass is 416 g/mol. The number of thioether (sulfide) groups is 1. The summed E-state index contributed by atoms with van der Waals surface area (Å²) < 4.78 is 5.88. The first-order chi connectivity index (χ1) is 13.3. The summed E-state index contributed by atoms with van der Waals surface area (Å²) >= 11 is 1.28. The first kappa shape index (κ1) is 22.3. The molecule has 3 fully saturated rings. The van der Waals surface area contributed by atoms with E-state index in [1.807, 2.05) is 13.8 Å². The molecule has 0 aromatic rings. The Hall–Kier alpha value is -0.380. The maximum atomic E-state index is 12.9. The Morgan fingerprint density at radius 3 is 2.43 bits per heavy atom. The standard InChI is InChI=1S/C20H36N2O5S/c1-10(2)14(18-16(24)15(23)17(25)20(27-18)28-3)22-19(26)13-8-12(9-21-13)7-6-11-4-5-11/h10-18,20-21,23-25H,4-9H2,1-3H3,(H,22,26)/t12-,13+,14-,15+,16-,17-,18?,20-/m1/s1. The van der Waals surface area contributed by atoms with Crippen molar-refractivity contribution in [1.29, 1.82) is 0 Å². The van der Waals surface area contributed by atoms with E-state index >= 15 is 0 Å². The third kappa shape index (κ3) is 5.21. The van der Waals surface area contributed by atoms with E-state index < -0.39 is 35.9 Å². The van der Waals surface area contributed by atoms with E-state index in [0.29, 0.717) is 5.92 Å². The number of ether oxygens (including phenoxy) is 1. The Morgan fingerprint density at radius 2 is 1.82 bits per heavy atom. The lowest BCUT2D eigenvalue weighted by Crippen LogP contribution is -2.64. The zero-order valence-corrected chi connectivity index (χ0v) is 17.9. The van der Waals surface area contributed by atoms with Crippen LogP contribution in [0.25, 0.3) is 0 Å². The molecule has 2 aliphatic heterocycles. The summed E-state index contributed by atoms with van der Waals surface area (Å²) in [7, 11) is 0. The van der Waals surface area contributed by atoms with Crippen LogP contribution in [0.3, 0.4) is 0 Å². The largest absolute Gasteiger partial charge is 0.388 e. The van der Waals surface area contributed by atoms with Gasteiger partial charge >= 0.3 is 0 Å². The van der Waals surface area contributed by atoms with Gasteiger partial charge in [0.25, 0.3) is 0 Å². The van der Waals surface area contributed by atoms with Crippen LogP contribution < -0.4 is 10.6 Å². The molecule has 3 rings (SSSR count). The molecule has 1 aliphatic carbocycles. The molecule has 5 N–H and O–H groups in total. The fourth-order valence-corrected chi connectivity index (χ4v) is 5.04. The van der Waals surface area contributed by atoms with Gasteiger partial charge < -0.3 is 30.7 Å². The highest BCUT2D eigenvalue weighted by Crippen LogP contribution is 2.36. The van der Waals surface area contributed by atoms with Crippen molar-refractivity contribution in [3.8, 4) is 0 Å². The summed E-state index contributed by atoms with van der Waals surface area (Å²) in [6.45, 7) is 4.78. The van der Waals surface area contributed by atoms with E-state index in [0.717, 1.165) is 18.9 Å². The van der Waals surface area contributed by atoms with Crippen molar-refractivity contribution in [3.05, 3.63) is 0 Å². The lowest BCUT2D eigenvalue weighted by Gasteiger charge is -2.44. The highest BCUT2D eigenvalue weighted by molar-refractivity contribution is 7.99. The molecule has 1 unspecified atom stereocenters. The predicted molar refractivity (Wildman–Crippen MR) is 109 cm³/mol. The number of aliphatic hydroxyl groups excluding tert-OH is 3. The number of hydrogen-bond acceptors (Lipinski definition) is 7. The zero-order valence-electron chi connectivity index (χ0n) is 17.1. The van der Waals surface area contributed by atoms with Gasteiger partial charge in [0.05, 0.1) is 12.1 Å². The maximum Gasteiger partial charge on any atom is 0.237 e. The summed E-state index contributed by atoms with van der Waals surface area (Å²) in [5, 5.41) is 37.2. The molecule has 0 aromatic carbocycles. The van der Waals surface area contributed by atoms with E-state index in [2.05, 4.69) is 10.6 Å². The Balaban J connectivity index is 1.58. The molecule has 8 atom stereocenters. The second-order valence-electron chi connectivity index (χ2n) is 9.04. The van der Waals surface area contributed by atoms with Crippen LogP contribution in [0.4, 0.5) is 0 Å². The van der Waals surface area contributed by atoms with Crippen LogP contribution in [-0.4, -0.2) is 76.0 Å². The molecule has 0 radical (unpaired) electrons. The topological polar surface area (TPSA) is 111 Å². The zero-order chi connectivity index (χ0) is 20.4. The van der Waals surface area contributed by atoms with Crippen molar-refractivity contribution >= 4 is 17.7 Å². The lowest BCUT2D eigenvalue weighted by atomic mass is 9.88. The van der Waals surface area contributed by atoms with Crippen molar-refractivity contribution < 1.29 is 24.9 Å². The number of amides is 1. The third-order valence-electron chi connectivity index (χ3n) is 6.44. The Kier molecular flexibility index (Phi) is 7.66.